The molecule has 0 aliphatic heterocycles. The van der Waals surface area contributed by atoms with Gasteiger partial charge < -0.3 is 11.1 Å². The van der Waals surface area contributed by atoms with Gasteiger partial charge in [-0.3, -0.25) is 4.99 Å². The lowest BCUT2D eigenvalue weighted by Crippen LogP contribution is -2.20. The third-order valence-electron chi connectivity index (χ3n) is 5.21. The molecule has 146 valence electrons. The van der Waals surface area contributed by atoms with E-state index in [-0.39, 0.29) is 0 Å². The molecule has 4 rings (SSSR count). The largest absolute Gasteiger partial charge is 0.401 e. The summed E-state index contributed by atoms with van der Waals surface area (Å²) in [5, 5.41) is 3.28. The lowest BCUT2D eigenvalue weighted by atomic mass is 9.87. The molecule has 0 spiro atoms. The van der Waals surface area contributed by atoms with E-state index in [1.807, 2.05) is 43.6 Å². The minimum Gasteiger partial charge on any atom is -0.401 e. The topological polar surface area (TPSA) is 76.2 Å². The van der Waals surface area contributed by atoms with Crippen molar-refractivity contribution >= 4 is 22.9 Å². The number of aryl methyl sites for hydroxylation is 3. The van der Waals surface area contributed by atoms with E-state index in [2.05, 4.69) is 47.3 Å². The van der Waals surface area contributed by atoms with Crippen LogP contribution in [0.4, 0.5) is 11.6 Å². The Bertz CT molecular complexity index is 1110. The molecule has 1 aliphatic carbocycles. The zero-order valence-corrected chi connectivity index (χ0v) is 17.0. The van der Waals surface area contributed by atoms with Crippen molar-refractivity contribution in [1.82, 2.24) is 9.97 Å². The summed E-state index contributed by atoms with van der Waals surface area (Å²) < 4.78 is 0. The highest BCUT2D eigenvalue weighted by molar-refractivity contribution is 6.33. The summed E-state index contributed by atoms with van der Waals surface area (Å²) in [6.07, 6.45) is 3.51. The SMILES string of the molecule is CN=C(C1=C(N)CCc2cnc(Nc3ccccc3)nc21)c1ccc(C)cc1C. The Labute approximate surface area is 171 Å². The number of anilines is 2. The normalized spacial score (nSPS) is 14.0. The molecular weight excluding hydrogens is 358 g/mol. The van der Waals surface area contributed by atoms with E-state index in [1.165, 1.54) is 11.1 Å². The second kappa shape index (κ2) is 7.87. The number of para-hydroxylation sites is 1. The first kappa shape index (κ1) is 18.9. The third kappa shape index (κ3) is 3.76. The number of nitrogens with zero attached hydrogens (tertiary/aromatic N) is 3. The van der Waals surface area contributed by atoms with Crippen LogP contribution in [0.2, 0.25) is 0 Å². The molecule has 0 saturated heterocycles. The summed E-state index contributed by atoms with van der Waals surface area (Å²) in [4.78, 5) is 14.0. The summed E-state index contributed by atoms with van der Waals surface area (Å²) >= 11 is 0. The van der Waals surface area contributed by atoms with Crippen molar-refractivity contribution < 1.29 is 0 Å². The summed E-state index contributed by atoms with van der Waals surface area (Å²) in [5.41, 5.74) is 15.5. The number of hydrogen-bond donors (Lipinski definition) is 2. The molecule has 0 saturated carbocycles. The number of benzene rings is 2. The van der Waals surface area contributed by atoms with Gasteiger partial charge in [0.1, 0.15) is 0 Å². The van der Waals surface area contributed by atoms with E-state index in [4.69, 9.17) is 10.7 Å². The first-order valence-electron chi connectivity index (χ1n) is 9.78. The molecule has 1 aliphatic rings. The zero-order valence-electron chi connectivity index (χ0n) is 17.0. The van der Waals surface area contributed by atoms with Crippen LogP contribution in [0.5, 0.6) is 0 Å². The standard InChI is InChI=1S/C24H25N5/c1-15-9-11-19(16(2)13-15)23(26-3)21-20(25)12-10-17-14-27-24(29-22(17)21)28-18-7-5-4-6-8-18/h4-9,11,13-14H,10,12,25H2,1-3H3,(H,27,28,29). The number of aromatic nitrogens is 2. The lowest BCUT2D eigenvalue weighted by molar-refractivity contribution is 0.880. The fourth-order valence-corrected chi connectivity index (χ4v) is 3.77. The molecule has 0 unspecified atom stereocenters. The number of rotatable bonds is 4. The molecule has 1 aromatic heterocycles. The van der Waals surface area contributed by atoms with Crippen LogP contribution >= 0.6 is 0 Å². The summed E-state index contributed by atoms with van der Waals surface area (Å²) in [5.74, 6) is 0.554. The molecule has 0 fully saturated rings. The molecule has 0 radical (unpaired) electrons. The molecule has 5 heteroatoms. The van der Waals surface area contributed by atoms with Crippen LogP contribution in [0.25, 0.3) is 5.57 Å². The molecule has 0 amide bonds. The van der Waals surface area contributed by atoms with Gasteiger partial charge in [-0.2, -0.15) is 0 Å². The van der Waals surface area contributed by atoms with Crippen LogP contribution in [0.15, 0.2) is 65.4 Å². The number of aliphatic imine (C=N–C) groups is 1. The van der Waals surface area contributed by atoms with Gasteiger partial charge in [-0.1, -0.05) is 42.0 Å². The Kier molecular flexibility index (Phi) is 5.12. The highest BCUT2D eigenvalue weighted by Gasteiger charge is 2.25. The van der Waals surface area contributed by atoms with E-state index >= 15 is 0 Å². The molecule has 5 nitrogen and oxygen atoms in total. The van der Waals surface area contributed by atoms with Crippen molar-refractivity contribution in [1.29, 1.82) is 0 Å². The van der Waals surface area contributed by atoms with Gasteiger partial charge in [0, 0.05) is 35.8 Å². The fourth-order valence-electron chi connectivity index (χ4n) is 3.77. The van der Waals surface area contributed by atoms with E-state index in [0.29, 0.717) is 5.95 Å². The van der Waals surface area contributed by atoms with Gasteiger partial charge in [0.25, 0.3) is 0 Å². The van der Waals surface area contributed by atoms with Crippen molar-refractivity contribution in [2.75, 3.05) is 12.4 Å². The third-order valence-corrected chi connectivity index (χ3v) is 5.21. The van der Waals surface area contributed by atoms with Gasteiger partial charge in [0.15, 0.2) is 0 Å². The first-order chi connectivity index (χ1) is 14.1. The lowest BCUT2D eigenvalue weighted by Gasteiger charge is -2.23. The number of hydrogen-bond acceptors (Lipinski definition) is 5. The van der Waals surface area contributed by atoms with Gasteiger partial charge in [0.05, 0.1) is 11.4 Å². The van der Waals surface area contributed by atoms with Gasteiger partial charge >= 0.3 is 0 Å². The van der Waals surface area contributed by atoms with Crippen LogP contribution < -0.4 is 11.1 Å². The highest BCUT2D eigenvalue weighted by Crippen LogP contribution is 2.32. The average molecular weight is 383 g/mol. The highest BCUT2D eigenvalue weighted by atomic mass is 15.1. The zero-order chi connectivity index (χ0) is 20.4. The maximum atomic E-state index is 6.51. The van der Waals surface area contributed by atoms with Crippen LogP contribution in [-0.2, 0) is 6.42 Å². The van der Waals surface area contributed by atoms with Crippen LogP contribution in [0, 0.1) is 13.8 Å². The maximum absolute atomic E-state index is 6.51. The minimum atomic E-state index is 0.554. The van der Waals surface area contributed by atoms with Crippen molar-refractivity contribution in [3.8, 4) is 0 Å². The number of fused-ring (bicyclic) bond motifs is 1. The van der Waals surface area contributed by atoms with E-state index in [0.717, 1.165) is 52.3 Å². The number of nitrogens with two attached hydrogens (primary N) is 1. The van der Waals surface area contributed by atoms with Gasteiger partial charge in [-0.15, -0.1) is 0 Å². The second-order valence-electron chi connectivity index (χ2n) is 7.35. The molecule has 2 aromatic carbocycles. The molecule has 0 atom stereocenters. The van der Waals surface area contributed by atoms with Crippen LogP contribution in [0.3, 0.4) is 0 Å². The first-order valence-corrected chi connectivity index (χ1v) is 9.78. The maximum Gasteiger partial charge on any atom is 0.227 e. The Morgan fingerprint density at radius 2 is 1.86 bits per heavy atom. The van der Waals surface area contributed by atoms with Gasteiger partial charge in [-0.25, -0.2) is 9.97 Å². The monoisotopic (exact) mass is 383 g/mol. The molecular formula is C24H25N5. The number of nitrogens with one attached hydrogen (secondary N) is 1. The van der Waals surface area contributed by atoms with Crippen molar-refractivity contribution in [2.45, 2.75) is 26.7 Å². The van der Waals surface area contributed by atoms with E-state index in [1.54, 1.807) is 0 Å². The van der Waals surface area contributed by atoms with Crippen molar-refractivity contribution in [2.24, 2.45) is 10.7 Å². The Hall–Kier alpha value is -3.47. The Morgan fingerprint density at radius 1 is 1.07 bits per heavy atom. The van der Waals surface area contributed by atoms with Crippen LogP contribution in [0.1, 0.15) is 34.4 Å². The smallest absolute Gasteiger partial charge is 0.227 e. The predicted molar refractivity (Wildman–Crippen MR) is 120 cm³/mol. The average Bonchev–Trinajstić information content (AvgIpc) is 2.72. The molecule has 1 heterocycles. The minimum absolute atomic E-state index is 0.554. The summed E-state index contributed by atoms with van der Waals surface area (Å²) in [6, 6.07) is 16.3. The quantitative estimate of drug-likeness (QED) is 0.647. The van der Waals surface area contributed by atoms with Crippen molar-refractivity contribution in [3.63, 3.8) is 0 Å². The van der Waals surface area contributed by atoms with E-state index < -0.39 is 0 Å². The van der Waals surface area contributed by atoms with E-state index in [9.17, 15) is 0 Å². The molecule has 3 N–H and O–H groups in total. The molecule has 29 heavy (non-hydrogen) atoms. The Balaban J connectivity index is 1.79. The fraction of sp³-hybridized carbons (Fsp3) is 0.208. The van der Waals surface area contributed by atoms with Crippen molar-refractivity contribution in [3.05, 3.63) is 88.4 Å². The second-order valence-corrected chi connectivity index (χ2v) is 7.35. The van der Waals surface area contributed by atoms with Crippen LogP contribution in [-0.4, -0.2) is 22.7 Å². The summed E-state index contributed by atoms with van der Waals surface area (Å²) in [6.45, 7) is 4.20. The predicted octanol–water partition coefficient (Wildman–Crippen LogP) is 4.57. The molecule has 0 bridgehead atoms. The van der Waals surface area contributed by atoms with Gasteiger partial charge in [0.2, 0.25) is 5.95 Å². The molecule has 3 aromatic rings. The number of allylic oxidation sites excluding steroid dienone is 2. The van der Waals surface area contributed by atoms with Gasteiger partial charge in [-0.05, 0) is 49.9 Å². The summed E-state index contributed by atoms with van der Waals surface area (Å²) in [7, 11) is 1.81. The Morgan fingerprint density at radius 3 is 2.59 bits per heavy atom.